The molecule has 1 rings (SSSR count). The second-order valence-electron chi connectivity index (χ2n) is 3.04. The minimum absolute atomic E-state index is 0.0426. The molecule has 4 heteroatoms. The van der Waals surface area contributed by atoms with Crippen LogP contribution in [0.15, 0.2) is 29.2 Å². The van der Waals surface area contributed by atoms with Crippen molar-refractivity contribution in [3.05, 3.63) is 29.8 Å². The van der Waals surface area contributed by atoms with Crippen molar-refractivity contribution in [1.29, 1.82) is 0 Å². The highest BCUT2D eigenvalue weighted by Crippen LogP contribution is 2.18. The first-order valence-corrected chi connectivity index (χ1v) is 5.66. The Balaban J connectivity index is 2.45. The highest BCUT2D eigenvalue weighted by Gasteiger charge is 2.00. The van der Waals surface area contributed by atoms with Gasteiger partial charge in [0.1, 0.15) is 0 Å². The molecule has 0 saturated carbocycles. The smallest absolute Gasteiger partial charge is 0.230 e. The monoisotopic (exact) mass is 225 g/mol. The minimum Gasteiger partial charge on any atom is -0.380 e. The average molecular weight is 225 g/mol. The van der Waals surface area contributed by atoms with E-state index in [0.717, 1.165) is 10.5 Å². The molecule has 0 fully saturated rings. The summed E-state index contributed by atoms with van der Waals surface area (Å²) in [5, 5.41) is 2.59. The van der Waals surface area contributed by atoms with E-state index in [0.29, 0.717) is 12.4 Å². The molecule has 82 valence electrons. The van der Waals surface area contributed by atoms with Gasteiger partial charge in [-0.15, -0.1) is 11.8 Å². The molecule has 0 atom stereocenters. The first kappa shape index (κ1) is 12.1. The fourth-order valence-corrected chi connectivity index (χ4v) is 1.84. The Bertz CT molecular complexity index is 311. The maximum Gasteiger partial charge on any atom is 0.230 e. The van der Waals surface area contributed by atoms with E-state index < -0.39 is 0 Å². The third-order valence-electron chi connectivity index (χ3n) is 1.88. The van der Waals surface area contributed by atoms with E-state index in [1.165, 1.54) is 11.8 Å². The zero-order valence-corrected chi connectivity index (χ0v) is 9.76. The fraction of sp³-hybridized carbons (Fsp3) is 0.364. The van der Waals surface area contributed by atoms with Gasteiger partial charge in [0, 0.05) is 19.1 Å². The zero-order valence-electron chi connectivity index (χ0n) is 8.95. The molecule has 0 aliphatic rings. The van der Waals surface area contributed by atoms with Crippen molar-refractivity contribution in [2.24, 2.45) is 0 Å². The van der Waals surface area contributed by atoms with Crippen LogP contribution in [0.1, 0.15) is 5.56 Å². The number of methoxy groups -OCH3 is 1. The summed E-state index contributed by atoms with van der Waals surface area (Å²) >= 11 is 1.53. The van der Waals surface area contributed by atoms with Crippen molar-refractivity contribution in [1.82, 2.24) is 5.32 Å². The number of nitrogens with one attached hydrogen (secondary N) is 1. The van der Waals surface area contributed by atoms with E-state index in [9.17, 15) is 4.79 Å². The average Bonchev–Trinajstić information content (AvgIpc) is 2.28. The Kier molecular flexibility index (Phi) is 5.21. The van der Waals surface area contributed by atoms with E-state index >= 15 is 0 Å². The van der Waals surface area contributed by atoms with Crippen molar-refractivity contribution in [2.75, 3.05) is 19.9 Å². The van der Waals surface area contributed by atoms with Crippen molar-refractivity contribution >= 4 is 17.7 Å². The summed E-state index contributed by atoms with van der Waals surface area (Å²) in [6.45, 7) is 0.625. The number of amides is 1. The van der Waals surface area contributed by atoms with E-state index in [-0.39, 0.29) is 5.91 Å². The van der Waals surface area contributed by atoms with E-state index in [4.69, 9.17) is 4.74 Å². The van der Waals surface area contributed by atoms with Crippen LogP contribution in [0.25, 0.3) is 0 Å². The SMILES string of the molecule is CNC(=O)CSc1ccc(COC)cc1. The lowest BCUT2D eigenvalue weighted by Gasteiger charge is -2.03. The number of ether oxygens (including phenoxy) is 1. The van der Waals surface area contributed by atoms with Gasteiger partial charge in [0.05, 0.1) is 12.4 Å². The van der Waals surface area contributed by atoms with Crippen LogP contribution in [0.5, 0.6) is 0 Å². The Morgan fingerprint density at radius 2 is 2.07 bits per heavy atom. The minimum atomic E-state index is 0.0426. The van der Waals surface area contributed by atoms with E-state index in [2.05, 4.69) is 5.32 Å². The number of thioether (sulfide) groups is 1. The van der Waals surface area contributed by atoms with Crippen LogP contribution in [0.3, 0.4) is 0 Å². The fourth-order valence-electron chi connectivity index (χ4n) is 1.07. The maximum absolute atomic E-state index is 11.0. The third-order valence-corrected chi connectivity index (χ3v) is 2.90. The van der Waals surface area contributed by atoms with Gasteiger partial charge in [0.2, 0.25) is 5.91 Å². The lowest BCUT2D eigenvalue weighted by molar-refractivity contribution is -0.118. The van der Waals surface area contributed by atoms with Gasteiger partial charge < -0.3 is 10.1 Å². The van der Waals surface area contributed by atoms with Crippen molar-refractivity contribution in [3.8, 4) is 0 Å². The molecule has 0 saturated heterocycles. The molecule has 1 aromatic carbocycles. The summed E-state index contributed by atoms with van der Waals surface area (Å²) in [7, 11) is 3.32. The van der Waals surface area contributed by atoms with Gasteiger partial charge in [-0.3, -0.25) is 4.79 Å². The van der Waals surface area contributed by atoms with Crippen molar-refractivity contribution in [2.45, 2.75) is 11.5 Å². The standard InChI is InChI=1S/C11H15NO2S/c1-12-11(13)8-15-10-5-3-9(4-6-10)7-14-2/h3-6H,7-8H2,1-2H3,(H,12,13). The van der Waals surface area contributed by atoms with Crippen LogP contribution < -0.4 is 5.32 Å². The molecule has 1 aromatic rings. The highest BCUT2D eigenvalue weighted by atomic mass is 32.2. The normalized spacial score (nSPS) is 10.0. The predicted molar refractivity (Wildman–Crippen MR) is 61.9 cm³/mol. The molecule has 0 aliphatic carbocycles. The molecule has 0 heterocycles. The molecular weight excluding hydrogens is 210 g/mol. The Morgan fingerprint density at radius 1 is 1.40 bits per heavy atom. The first-order valence-electron chi connectivity index (χ1n) is 4.67. The highest BCUT2D eigenvalue weighted by molar-refractivity contribution is 8.00. The summed E-state index contributed by atoms with van der Waals surface area (Å²) in [5.74, 6) is 0.501. The molecule has 1 amide bonds. The molecule has 3 nitrogen and oxygen atoms in total. The van der Waals surface area contributed by atoms with Gasteiger partial charge >= 0.3 is 0 Å². The van der Waals surface area contributed by atoms with Crippen LogP contribution in [0.2, 0.25) is 0 Å². The molecule has 0 aromatic heterocycles. The molecule has 0 aliphatic heterocycles. The van der Waals surface area contributed by atoms with Gasteiger partial charge in [0.15, 0.2) is 0 Å². The van der Waals surface area contributed by atoms with Gasteiger partial charge in [0.25, 0.3) is 0 Å². The number of benzene rings is 1. The van der Waals surface area contributed by atoms with Crippen LogP contribution in [-0.2, 0) is 16.1 Å². The Morgan fingerprint density at radius 3 is 2.60 bits per heavy atom. The Hall–Kier alpha value is -1.00. The van der Waals surface area contributed by atoms with Crippen LogP contribution >= 0.6 is 11.8 Å². The summed E-state index contributed by atoms with van der Waals surface area (Å²) in [4.78, 5) is 12.1. The van der Waals surface area contributed by atoms with Gasteiger partial charge in [-0.2, -0.15) is 0 Å². The topological polar surface area (TPSA) is 38.3 Å². The summed E-state index contributed by atoms with van der Waals surface area (Å²) in [6.07, 6.45) is 0. The molecule has 0 spiro atoms. The molecule has 0 bridgehead atoms. The summed E-state index contributed by atoms with van der Waals surface area (Å²) < 4.78 is 5.01. The van der Waals surface area contributed by atoms with Gasteiger partial charge in [-0.05, 0) is 17.7 Å². The van der Waals surface area contributed by atoms with Crippen LogP contribution in [-0.4, -0.2) is 25.8 Å². The van der Waals surface area contributed by atoms with Gasteiger partial charge in [-0.25, -0.2) is 0 Å². The quantitative estimate of drug-likeness (QED) is 0.775. The van der Waals surface area contributed by atoms with Crippen molar-refractivity contribution in [3.63, 3.8) is 0 Å². The number of rotatable bonds is 5. The number of carbonyl (C=O) groups excluding carboxylic acids is 1. The second kappa shape index (κ2) is 6.48. The zero-order chi connectivity index (χ0) is 11.1. The largest absolute Gasteiger partial charge is 0.380 e. The van der Waals surface area contributed by atoms with Crippen LogP contribution in [0, 0.1) is 0 Å². The van der Waals surface area contributed by atoms with Crippen LogP contribution in [0.4, 0.5) is 0 Å². The molecule has 1 N–H and O–H groups in total. The maximum atomic E-state index is 11.0. The summed E-state index contributed by atoms with van der Waals surface area (Å²) in [5.41, 5.74) is 1.14. The first-order chi connectivity index (χ1) is 7.26. The molecule has 15 heavy (non-hydrogen) atoms. The molecule has 0 radical (unpaired) electrons. The lowest BCUT2D eigenvalue weighted by atomic mass is 10.2. The third kappa shape index (κ3) is 4.36. The van der Waals surface area contributed by atoms with E-state index in [1.807, 2.05) is 24.3 Å². The summed E-state index contributed by atoms with van der Waals surface area (Å²) in [6, 6.07) is 8.02. The second-order valence-corrected chi connectivity index (χ2v) is 4.09. The number of carbonyl (C=O) groups is 1. The predicted octanol–water partition coefficient (Wildman–Crippen LogP) is 1.67. The lowest BCUT2D eigenvalue weighted by Crippen LogP contribution is -2.19. The molecule has 0 unspecified atom stereocenters. The van der Waals surface area contributed by atoms with E-state index in [1.54, 1.807) is 14.2 Å². The van der Waals surface area contributed by atoms with Gasteiger partial charge in [-0.1, -0.05) is 12.1 Å². The van der Waals surface area contributed by atoms with Crippen molar-refractivity contribution < 1.29 is 9.53 Å². The Labute approximate surface area is 94.2 Å². The number of hydrogen-bond donors (Lipinski definition) is 1. The number of hydrogen-bond acceptors (Lipinski definition) is 3. The molecular formula is C11H15NO2S.